The average Bonchev–Trinajstić information content (AvgIpc) is 3.76. The summed E-state index contributed by atoms with van der Waals surface area (Å²) in [7, 11) is 0. The van der Waals surface area contributed by atoms with Gasteiger partial charge in [0.15, 0.2) is 22.3 Å². The van der Waals surface area contributed by atoms with Crippen molar-refractivity contribution in [2.75, 3.05) is 37.7 Å². The summed E-state index contributed by atoms with van der Waals surface area (Å²) < 4.78 is 2.08. The Morgan fingerprint density at radius 3 is 2.47 bits per heavy atom. The van der Waals surface area contributed by atoms with Gasteiger partial charge in [-0.25, -0.2) is 14.6 Å². The van der Waals surface area contributed by atoms with Gasteiger partial charge in [0.05, 0.1) is 30.5 Å². The molecule has 0 bridgehead atoms. The summed E-state index contributed by atoms with van der Waals surface area (Å²) in [6.45, 7) is 7.00. The van der Waals surface area contributed by atoms with Gasteiger partial charge < -0.3 is 40.8 Å². The lowest BCUT2D eigenvalue weighted by Crippen LogP contribution is -2.71. The minimum Gasteiger partial charge on any atom is -0.504 e. The minimum absolute atomic E-state index is 0.00379. The van der Waals surface area contributed by atoms with E-state index in [2.05, 4.69) is 20.6 Å². The quantitative estimate of drug-likeness (QED) is 0.0467. The van der Waals surface area contributed by atoms with Gasteiger partial charge in [0.2, 0.25) is 11.0 Å². The number of carbonyl (C=O) groups is 4. The fourth-order valence-corrected chi connectivity index (χ4v) is 8.68. The highest BCUT2D eigenvalue weighted by molar-refractivity contribution is 8.00. The fourth-order valence-electron chi connectivity index (χ4n) is 6.80. The molecule has 6 rings (SSSR count). The molecule has 53 heavy (non-hydrogen) atoms. The van der Waals surface area contributed by atoms with Gasteiger partial charge in [-0.15, -0.1) is 23.1 Å². The maximum atomic E-state index is 13.6. The third kappa shape index (κ3) is 7.12. The first kappa shape index (κ1) is 37.5. The van der Waals surface area contributed by atoms with Crippen LogP contribution in [-0.2, 0) is 37.0 Å². The summed E-state index contributed by atoms with van der Waals surface area (Å²) in [5.74, 6) is -4.65. The van der Waals surface area contributed by atoms with Gasteiger partial charge in [-0.3, -0.25) is 24.0 Å². The van der Waals surface area contributed by atoms with Crippen LogP contribution in [0.25, 0.3) is 10.9 Å². The summed E-state index contributed by atoms with van der Waals surface area (Å²) in [5.41, 5.74) is 4.28. The van der Waals surface area contributed by atoms with Crippen LogP contribution in [0.2, 0.25) is 0 Å². The molecule has 0 spiro atoms. The summed E-state index contributed by atoms with van der Waals surface area (Å²) in [5, 5.41) is 51.9. The number of phenolic OH excluding ortho intramolecular Hbond substituents is 2. The molecule has 2 amide bonds. The Morgan fingerprint density at radius 1 is 1.15 bits per heavy atom. The van der Waals surface area contributed by atoms with Crippen LogP contribution < -0.4 is 16.5 Å². The predicted octanol–water partition coefficient (Wildman–Crippen LogP) is 1.04. The molecular formula is C33H39N8O10S2+. The number of likely N-dealkylation sites (tertiary alicyclic amines) is 1. The monoisotopic (exact) mass is 771 g/mol. The standard InChI is InChI=1S/C33H38N8O10S2/c1-4-39-20-12-22(43)21(42)11-17(20)26(44)18(37-39)7-10-41(8-5-6-9-41)13-16-14-52-29-24(28(46)40(29)25(16)30(47)48)36-27(45)23(19-15-53-32(34)35-19)38-51-33(2,3)31(49)50/h11-12,15,24,29H,4-10,13-14H2,1-3H3,(H6-,34,35,36,37,38,42,43,44,45,47,48,49,50)/p+1/t24-,29-/m1/s1. The van der Waals surface area contributed by atoms with E-state index in [0.29, 0.717) is 35.2 Å². The van der Waals surface area contributed by atoms with Crippen molar-refractivity contribution in [1.29, 1.82) is 0 Å². The van der Waals surface area contributed by atoms with Crippen LogP contribution in [0.4, 0.5) is 5.13 Å². The average molecular weight is 772 g/mol. The number of nitrogens with one attached hydrogen (secondary N) is 1. The van der Waals surface area contributed by atoms with E-state index in [-0.39, 0.29) is 51.0 Å². The Labute approximate surface area is 310 Å². The number of thioether (sulfide) groups is 1. The number of hydrogen-bond acceptors (Lipinski definition) is 14. The largest absolute Gasteiger partial charge is 0.504 e. The van der Waals surface area contributed by atoms with Crippen molar-refractivity contribution < 1.29 is 48.9 Å². The molecule has 0 radical (unpaired) electrons. The van der Waals surface area contributed by atoms with Gasteiger partial charge >= 0.3 is 11.9 Å². The summed E-state index contributed by atoms with van der Waals surface area (Å²) in [4.78, 5) is 75.2. The third-order valence-corrected chi connectivity index (χ3v) is 11.7. The van der Waals surface area contributed by atoms with E-state index in [1.165, 1.54) is 48.0 Å². The number of quaternary nitrogens is 1. The molecule has 0 unspecified atom stereocenters. The molecule has 2 atom stereocenters. The Kier molecular flexibility index (Phi) is 10.1. The third-order valence-electron chi connectivity index (χ3n) is 9.68. The van der Waals surface area contributed by atoms with Crippen molar-refractivity contribution in [1.82, 2.24) is 25.0 Å². The van der Waals surface area contributed by atoms with Crippen molar-refractivity contribution in [3.05, 3.63) is 50.4 Å². The van der Waals surface area contributed by atoms with Crippen LogP contribution in [0.5, 0.6) is 11.5 Å². The molecule has 7 N–H and O–H groups in total. The van der Waals surface area contributed by atoms with Crippen LogP contribution in [0.1, 0.15) is 45.0 Å². The molecule has 3 aromatic rings. The number of nitrogens with zero attached hydrogens (tertiary/aromatic N) is 6. The number of carbonyl (C=O) groups excluding carboxylic acids is 2. The lowest BCUT2D eigenvalue weighted by atomic mass is 10.0. The minimum atomic E-state index is -1.79. The normalized spacial score (nSPS) is 19.9. The SMILES string of the molecule is CCn1nc(CC[N+]2(CC3=C(C(=O)O)N4C(=O)[C@@H](NC(=O)/C(=N\OC(C)(C)C(=O)O)c5csc(N)n5)[C@H]4SC3)CCCC2)c(=O)c2cc(O)c(O)cc21. The topological polar surface area (TPSA) is 260 Å². The number of oxime groups is 1. The maximum absolute atomic E-state index is 13.6. The fraction of sp³-hybridized carbons (Fsp3) is 0.455. The lowest BCUT2D eigenvalue weighted by Gasteiger charge is -2.50. The van der Waals surface area contributed by atoms with Crippen molar-refractivity contribution >= 4 is 68.6 Å². The van der Waals surface area contributed by atoms with E-state index in [4.69, 9.17) is 10.6 Å². The first-order valence-corrected chi connectivity index (χ1v) is 18.7. The number of nitrogen functional groups attached to an aromatic ring is 1. The molecule has 2 aromatic heterocycles. The number of aromatic hydroxyl groups is 2. The summed E-state index contributed by atoms with van der Waals surface area (Å²) >= 11 is 2.32. The zero-order valence-corrected chi connectivity index (χ0v) is 30.7. The Hall–Kier alpha value is -5.21. The second kappa shape index (κ2) is 14.3. The number of amides is 2. The van der Waals surface area contributed by atoms with E-state index < -0.39 is 52.2 Å². The number of hydrogen-bond donors (Lipinski definition) is 6. The number of benzene rings is 1. The maximum Gasteiger partial charge on any atom is 0.352 e. The second-order valence-corrected chi connectivity index (χ2v) is 15.6. The lowest BCUT2D eigenvalue weighted by molar-refractivity contribution is -0.912. The number of aryl methyl sites for hydroxylation is 1. The van der Waals surface area contributed by atoms with Crippen LogP contribution >= 0.6 is 23.1 Å². The number of rotatable bonds is 13. The van der Waals surface area contributed by atoms with Gasteiger partial charge in [0, 0.05) is 48.6 Å². The van der Waals surface area contributed by atoms with E-state index in [1.54, 1.807) is 4.68 Å². The number of anilines is 1. The van der Waals surface area contributed by atoms with Gasteiger partial charge in [0.1, 0.15) is 35.0 Å². The first-order valence-electron chi connectivity index (χ1n) is 16.8. The summed E-state index contributed by atoms with van der Waals surface area (Å²) in [6.07, 6.45) is 2.06. The van der Waals surface area contributed by atoms with Gasteiger partial charge in [-0.1, -0.05) is 5.16 Å². The molecule has 0 aliphatic carbocycles. The van der Waals surface area contributed by atoms with Gasteiger partial charge in [-0.05, 0) is 26.8 Å². The Morgan fingerprint density at radius 2 is 1.85 bits per heavy atom. The van der Waals surface area contributed by atoms with Crippen LogP contribution in [0.15, 0.2) is 38.7 Å². The van der Waals surface area contributed by atoms with E-state index in [1.807, 2.05) is 6.92 Å². The molecule has 282 valence electrons. The van der Waals surface area contributed by atoms with Gasteiger partial charge in [0.25, 0.3) is 11.8 Å². The number of aliphatic carboxylic acids is 2. The van der Waals surface area contributed by atoms with Crippen molar-refractivity contribution in [2.45, 2.75) is 63.6 Å². The number of β-lactam (4-membered cyclic amide) rings is 1. The molecule has 1 aromatic carbocycles. The number of nitrogens with two attached hydrogens (primary N) is 1. The smallest absolute Gasteiger partial charge is 0.352 e. The van der Waals surface area contributed by atoms with Crippen LogP contribution in [0, 0.1) is 0 Å². The molecule has 0 saturated carbocycles. The molecule has 3 aliphatic rings. The Bertz CT molecular complexity index is 2140. The molecule has 20 heteroatoms. The molecule has 18 nitrogen and oxygen atoms in total. The predicted molar refractivity (Wildman–Crippen MR) is 193 cm³/mol. The zero-order chi connectivity index (χ0) is 38.4. The van der Waals surface area contributed by atoms with Gasteiger partial charge in [-0.2, -0.15) is 5.10 Å². The highest BCUT2D eigenvalue weighted by Gasteiger charge is 2.55. The number of thiazole rings is 1. The Balaban J connectivity index is 1.22. The van der Waals surface area contributed by atoms with Crippen molar-refractivity contribution in [3.8, 4) is 11.5 Å². The zero-order valence-electron chi connectivity index (χ0n) is 29.1. The molecule has 5 heterocycles. The first-order chi connectivity index (χ1) is 25.1. The number of fused-ring (bicyclic) bond motifs is 2. The van der Waals surface area contributed by atoms with E-state index in [9.17, 15) is 44.4 Å². The number of aromatic nitrogens is 3. The number of carboxylic acids is 2. The van der Waals surface area contributed by atoms with E-state index >= 15 is 0 Å². The molecule has 2 saturated heterocycles. The molecule has 2 fully saturated rings. The van der Waals surface area contributed by atoms with Crippen LogP contribution in [-0.4, -0.2) is 123 Å². The van der Waals surface area contributed by atoms with Crippen LogP contribution in [0.3, 0.4) is 0 Å². The number of carboxylic acid groups (broad SMARTS) is 2. The number of phenols is 2. The highest BCUT2D eigenvalue weighted by Crippen LogP contribution is 2.41. The summed E-state index contributed by atoms with van der Waals surface area (Å²) in [6, 6.07) is 1.43. The van der Waals surface area contributed by atoms with E-state index in [0.717, 1.165) is 37.3 Å². The second-order valence-electron chi connectivity index (χ2n) is 13.6. The molecule has 3 aliphatic heterocycles. The highest BCUT2D eigenvalue weighted by atomic mass is 32.2. The molecular weight excluding hydrogens is 733 g/mol. The van der Waals surface area contributed by atoms with Crippen molar-refractivity contribution in [2.24, 2.45) is 5.16 Å². The van der Waals surface area contributed by atoms with Crippen molar-refractivity contribution in [3.63, 3.8) is 0 Å².